The maximum Gasteiger partial charge on any atom is 0.265 e. The van der Waals surface area contributed by atoms with Crippen LogP contribution in [0.2, 0.25) is 0 Å². The van der Waals surface area contributed by atoms with Crippen LogP contribution in [0.5, 0.6) is 0 Å². The number of aryl methyl sites for hydroxylation is 1. The number of benzene rings is 3. The zero-order valence-electron chi connectivity index (χ0n) is 17.6. The largest absolute Gasteiger partial charge is 0.312 e. The van der Waals surface area contributed by atoms with Crippen molar-refractivity contribution in [3.8, 4) is 5.69 Å². The lowest BCUT2D eigenvalue weighted by molar-refractivity contribution is -0.119. The summed E-state index contributed by atoms with van der Waals surface area (Å²) in [6.07, 6.45) is 0.361. The second-order valence-electron chi connectivity index (χ2n) is 7.92. The number of likely N-dealkylation sites (N-methyl/N-ethyl adjacent to an activating group) is 1. The number of aromatic nitrogens is 2. The summed E-state index contributed by atoms with van der Waals surface area (Å²) < 4.78 is 1.66. The second-order valence-corrected chi connectivity index (χ2v) is 7.92. The topological polar surface area (TPSA) is 55.2 Å². The fourth-order valence-electron chi connectivity index (χ4n) is 4.45. The quantitative estimate of drug-likeness (QED) is 0.502. The first-order valence-corrected chi connectivity index (χ1v) is 10.6. The number of para-hydroxylation sites is 2. The SMILES string of the molecule is CCN1C(=O)[C@H](Cc2nc3ccccc3c(=O)n2-c2ccc(C)cc2)c2ccccc21. The summed E-state index contributed by atoms with van der Waals surface area (Å²) in [5, 5.41) is 0.570. The highest BCUT2D eigenvalue weighted by molar-refractivity contribution is 6.05. The van der Waals surface area contributed by atoms with Gasteiger partial charge in [0.05, 0.1) is 22.5 Å². The minimum Gasteiger partial charge on any atom is -0.312 e. The van der Waals surface area contributed by atoms with Crippen molar-refractivity contribution < 1.29 is 4.79 Å². The van der Waals surface area contributed by atoms with Gasteiger partial charge in [-0.2, -0.15) is 0 Å². The molecule has 0 radical (unpaired) electrons. The number of carbonyl (C=O) groups excluding carboxylic acids is 1. The minimum atomic E-state index is -0.360. The summed E-state index contributed by atoms with van der Waals surface area (Å²) in [6.45, 7) is 4.61. The van der Waals surface area contributed by atoms with Gasteiger partial charge < -0.3 is 4.90 Å². The van der Waals surface area contributed by atoms with E-state index in [9.17, 15) is 9.59 Å². The molecule has 0 bridgehead atoms. The molecule has 0 fully saturated rings. The highest BCUT2D eigenvalue weighted by Gasteiger charge is 2.37. The van der Waals surface area contributed by atoms with Crippen molar-refractivity contribution in [2.24, 2.45) is 0 Å². The van der Waals surface area contributed by atoms with Crippen LogP contribution in [0.3, 0.4) is 0 Å². The highest BCUT2D eigenvalue weighted by Crippen LogP contribution is 2.38. The van der Waals surface area contributed by atoms with E-state index in [0.29, 0.717) is 29.7 Å². The van der Waals surface area contributed by atoms with Crippen LogP contribution in [0, 0.1) is 6.92 Å². The Labute approximate surface area is 180 Å². The van der Waals surface area contributed by atoms with Crippen LogP contribution in [-0.4, -0.2) is 22.0 Å². The number of fused-ring (bicyclic) bond motifs is 2. The number of amides is 1. The number of hydrogen-bond donors (Lipinski definition) is 0. The number of anilines is 1. The van der Waals surface area contributed by atoms with E-state index in [1.54, 1.807) is 10.6 Å². The lowest BCUT2D eigenvalue weighted by Crippen LogP contribution is -2.31. The number of nitrogens with zero attached hydrogens (tertiary/aromatic N) is 3. The van der Waals surface area contributed by atoms with E-state index in [1.807, 2.05) is 85.5 Å². The van der Waals surface area contributed by atoms with E-state index >= 15 is 0 Å². The molecular weight excluding hydrogens is 386 g/mol. The van der Waals surface area contributed by atoms with Gasteiger partial charge in [-0.15, -0.1) is 0 Å². The Morgan fingerprint density at radius 2 is 1.61 bits per heavy atom. The summed E-state index contributed by atoms with van der Waals surface area (Å²) in [4.78, 5) is 33.4. The molecule has 1 atom stereocenters. The molecule has 154 valence electrons. The van der Waals surface area contributed by atoms with Gasteiger partial charge in [0, 0.05) is 18.7 Å². The zero-order chi connectivity index (χ0) is 21.5. The van der Waals surface area contributed by atoms with Gasteiger partial charge in [-0.3, -0.25) is 14.2 Å². The first kappa shape index (κ1) is 19.2. The van der Waals surface area contributed by atoms with Gasteiger partial charge in [-0.25, -0.2) is 4.98 Å². The van der Waals surface area contributed by atoms with Crippen LogP contribution in [-0.2, 0) is 11.2 Å². The molecule has 5 heteroatoms. The van der Waals surface area contributed by atoms with Crippen molar-refractivity contribution in [1.29, 1.82) is 0 Å². The molecule has 0 unspecified atom stereocenters. The molecule has 1 aliphatic heterocycles. The van der Waals surface area contributed by atoms with Crippen LogP contribution < -0.4 is 10.5 Å². The predicted molar refractivity (Wildman–Crippen MR) is 123 cm³/mol. The lowest BCUT2D eigenvalue weighted by Gasteiger charge is -2.17. The van der Waals surface area contributed by atoms with Crippen molar-refractivity contribution in [3.63, 3.8) is 0 Å². The fourth-order valence-corrected chi connectivity index (χ4v) is 4.45. The third-order valence-electron chi connectivity index (χ3n) is 6.01. The molecule has 3 aromatic carbocycles. The van der Waals surface area contributed by atoms with Gasteiger partial charge in [0.2, 0.25) is 5.91 Å². The summed E-state index contributed by atoms with van der Waals surface area (Å²) >= 11 is 0. The maximum absolute atomic E-state index is 13.5. The summed E-state index contributed by atoms with van der Waals surface area (Å²) in [5.74, 6) is 0.293. The Bertz CT molecular complexity index is 1360. The normalized spacial score (nSPS) is 15.5. The molecule has 5 nitrogen and oxygen atoms in total. The molecule has 0 saturated heterocycles. The van der Waals surface area contributed by atoms with E-state index < -0.39 is 0 Å². The van der Waals surface area contributed by atoms with Crippen molar-refractivity contribution in [2.45, 2.75) is 26.2 Å². The third-order valence-corrected chi connectivity index (χ3v) is 6.01. The molecule has 5 rings (SSSR count). The zero-order valence-corrected chi connectivity index (χ0v) is 17.6. The van der Waals surface area contributed by atoms with E-state index in [-0.39, 0.29) is 17.4 Å². The van der Waals surface area contributed by atoms with Gasteiger partial charge in [-0.1, -0.05) is 48.0 Å². The lowest BCUT2D eigenvalue weighted by atomic mass is 9.96. The highest BCUT2D eigenvalue weighted by atomic mass is 16.2. The van der Waals surface area contributed by atoms with Gasteiger partial charge in [0.1, 0.15) is 5.82 Å². The Balaban J connectivity index is 1.70. The second kappa shape index (κ2) is 7.51. The molecule has 1 aliphatic rings. The van der Waals surface area contributed by atoms with Crippen LogP contribution in [0.15, 0.2) is 77.6 Å². The summed E-state index contributed by atoms with van der Waals surface area (Å²) in [7, 11) is 0. The minimum absolute atomic E-state index is 0.0570. The monoisotopic (exact) mass is 409 g/mol. The van der Waals surface area contributed by atoms with Crippen LogP contribution in [0.1, 0.15) is 29.8 Å². The molecule has 0 N–H and O–H groups in total. The summed E-state index contributed by atoms with van der Waals surface area (Å²) in [5.41, 5.74) is 4.35. The fraction of sp³-hybridized carbons (Fsp3) is 0.192. The molecule has 1 aromatic heterocycles. The first-order valence-electron chi connectivity index (χ1n) is 10.6. The van der Waals surface area contributed by atoms with Gasteiger partial charge >= 0.3 is 0 Å². The Morgan fingerprint density at radius 3 is 2.39 bits per heavy atom. The smallest absolute Gasteiger partial charge is 0.265 e. The average Bonchev–Trinajstić information content (AvgIpc) is 3.06. The Kier molecular flexibility index (Phi) is 4.66. The molecule has 0 aliphatic carbocycles. The van der Waals surface area contributed by atoms with E-state index in [2.05, 4.69) is 0 Å². The van der Waals surface area contributed by atoms with Gasteiger partial charge in [-0.05, 0) is 49.7 Å². The standard InChI is InChI=1S/C26H23N3O2/c1-3-28-23-11-7-5-8-19(23)21(25(28)30)16-24-27-22-10-6-4-9-20(22)26(31)29(24)18-14-12-17(2)13-15-18/h4-15,21H,3,16H2,1-2H3/t21-/m1/s1. The number of rotatable bonds is 4. The van der Waals surface area contributed by atoms with Crippen LogP contribution in [0.25, 0.3) is 16.6 Å². The molecule has 4 aromatic rings. The van der Waals surface area contributed by atoms with Crippen molar-refractivity contribution in [3.05, 3.63) is 100 Å². The van der Waals surface area contributed by atoms with Crippen molar-refractivity contribution in [1.82, 2.24) is 9.55 Å². The number of carbonyl (C=O) groups is 1. The Hall–Kier alpha value is -3.73. The van der Waals surface area contributed by atoms with Crippen LogP contribution in [0.4, 0.5) is 5.69 Å². The van der Waals surface area contributed by atoms with E-state index in [4.69, 9.17) is 4.98 Å². The van der Waals surface area contributed by atoms with Gasteiger partial charge in [0.25, 0.3) is 5.56 Å². The maximum atomic E-state index is 13.5. The Morgan fingerprint density at radius 1 is 0.903 bits per heavy atom. The van der Waals surface area contributed by atoms with Crippen molar-refractivity contribution in [2.75, 3.05) is 11.4 Å². The summed E-state index contributed by atoms with van der Waals surface area (Å²) in [6, 6.07) is 23.1. The molecule has 1 amide bonds. The molecule has 0 spiro atoms. The average molecular weight is 409 g/mol. The van der Waals surface area contributed by atoms with Crippen molar-refractivity contribution >= 4 is 22.5 Å². The predicted octanol–water partition coefficient (Wildman–Crippen LogP) is 4.39. The number of hydrogen-bond acceptors (Lipinski definition) is 3. The van der Waals surface area contributed by atoms with E-state index in [1.165, 1.54) is 0 Å². The first-order chi connectivity index (χ1) is 15.1. The molecular formula is C26H23N3O2. The third kappa shape index (κ3) is 3.13. The molecule has 31 heavy (non-hydrogen) atoms. The van der Waals surface area contributed by atoms with E-state index in [0.717, 1.165) is 22.5 Å². The molecule has 0 saturated carbocycles. The molecule has 2 heterocycles. The van der Waals surface area contributed by atoms with Crippen LogP contribution >= 0.6 is 0 Å². The van der Waals surface area contributed by atoms with Gasteiger partial charge in [0.15, 0.2) is 0 Å².